The molecule has 23 aromatic rings. The maximum Gasteiger partial charge on any atom is 3.00 e. The van der Waals surface area contributed by atoms with Crippen LogP contribution in [0.2, 0.25) is 0 Å². The molecule has 0 aliphatic rings. The molecular weight excluding hydrogens is 2560 g/mol. The first-order valence-corrected chi connectivity index (χ1v) is 45.4. The van der Waals surface area contributed by atoms with Crippen LogP contribution in [0.4, 0.5) is 0 Å². The van der Waals surface area contributed by atoms with Gasteiger partial charge in [-0.25, -0.2) is 39.9 Å². The summed E-state index contributed by atoms with van der Waals surface area (Å²) in [6.45, 7) is 6.31. The molecule has 10 aromatic carbocycles. The average molecular weight is 2650 g/mol. The normalized spacial score (nSPS) is 10.3. The molecule has 0 spiro atoms. The minimum atomic E-state index is -1.24. The fourth-order valence-corrected chi connectivity index (χ4v) is 14.6. The Kier molecular flexibility index (Phi) is 40.4. The number of aromatic hydroxyl groups is 2. The van der Waals surface area contributed by atoms with E-state index < -0.39 is 17.9 Å². The molecule has 0 fully saturated rings. The van der Waals surface area contributed by atoms with Gasteiger partial charge in [-0.05, 0) is 138 Å². The second kappa shape index (κ2) is 54.5. The number of fused-ring (bicyclic) bond motifs is 6. The van der Waals surface area contributed by atoms with Gasteiger partial charge in [0.25, 0.3) is 0 Å². The number of benzene rings is 10. The van der Waals surface area contributed by atoms with Crippen molar-refractivity contribution in [2.24, 2.45) is 0 Å². The number of carboxylic acid groups (broad SMARTS) is 3. The summed E-state index contributed by atoms with van der Waals surface area (Å²) >= 11 is 0. The molecular formula is C122H87Ir4N14O8-4. The average Bonchev–Trinajstić information content (AvgIpc) is 1.13. The van der Waals surface area contributed by atoms with Crippen LogP contribution in [0.3, 0.4) is 0 Å². The summed E-state index contributed by atoms with van der Waals surface area (Å²) in [5, 5.41) is 58.0. The van der Waals surface area contributed by atoms with E-state index in [1.165, 1.54) is 30.5 Å². The van der Waals surface area contributed by atoms with E-state index >= 15 is 0 Å². The number of carboxylic acids is 3. The summed E-state index contributed by atoms with van der Waals surface area (Å²) < 4.78 is 0. The number of nitrogens with zero attached hydrogens (tertiary/aromatic N) is 14. The zero-order chi connectivity index (χ0) is 99.8. The van der Waals surface area contributed by atoms with Crippen molar-refractivity contribution in [3.05, 3.63) is 503 Å². The molecule has 0 atom stereocenters. The Balaban J connectivity index is 0.000000151. The fraction of sp³-hybridized carbons (Fsp3) is 0.0328. The van der Waals surface area contributed by atoms with Crippen LogP contribution in [0.25, 0.3) is 168 Å². The number of phenolic OH excluding ortho intramolecular Hbond substituents is 2. The van der Waals surface area contributed by atoms with Crippen LogP contribution in [0.1, 0.15) is 57.9 Å². The smallest absolute Gasteiger partial charge is 0.573 e. The number of hydrogen-bond donors (Lipinski definition) is 5. The van der Waals surface area contributed by atoms with Gasteiger partial charge >= 0.3 is 38.0 Å². The first kappa shape index (κ1) is 110. The summed E-state index contributed by atoms with van der Waals surface area (Å²) in [6, 6.07) is 149. The molecule has 733 valence electrons. The van der Waals surface area contributed by atoms with E-state index in [-0.39, 0.29) is 114 Å². The molecule has 0 aliphatic carbocycles. The van der Waals surface area contributed by atoms with Crippen molar-refractivity contribution >= 4 is 61.5 Å². The molecule has 5 N–H and O–H groups in total. The molecule has 0 saturated carbocycles. The zero-order valence-corrected chi connectivity index (χ0v) is 88.8. The van der Waals surface area contributed by atoms with Crippen LogP contribution in [-0.2, 0) is 85.8 Å². The van der Waals surface area contributed by atoms with E-state index in [9.17, 15) is 24.6 Å². The minimum absolute atomic E-state index is 0. The SMILES string of the molecule is CC(C)(C)c1cc(-c2cccc(-c3ccccc3O)n2)[n-]n1.O=C(O)c1cccc(C(=O)O)n1.O=C(O)c1ccccn1.Oc1ccccc1-c1cccc(-c2ccccn2)n1.[Ir+3].[Ir].[Ir].[Ir].[c-]1ccccc1-c1[c-]c(-c2ccccn2)ccc1.[c-]1ccccc1-c1ccc2ccc3cccnc3c2n1.[c-]1ccccc1-c1ccc2ccc3cccnc3c2n1.[c-]1ccccc1-c1cccc(-c2cccc(-c3[c-]cccc3)n2)n1. The van der Waals surface area contributed by atoms with E-state index in [0.717, 1.165) is 168 Å². The third-order valence-corrected chi connectivity index (χ3v) is 21.7. The van der Waals surface area contributed by atoms with Crippen molar-refractivity contribution in [2.75, 3.05) is 0 Å². The third-order valence-electron chi connectivity index (χ3n) is 21.7. The van der Waals surface area contributed by atoms with E-state index in [0.29, 0.717) is 5.56 Å². The van der Waals surface area contributed by atoms with Gasteiger partial charge in [0.05, 0.1) is 61.9 Å². The predicted octanol–water partition coefficient (Wildman–Crippen LogP) is 26.1. The molecule has 0 saturated heterocycles. The Hall–Kier alpha value is -17.1. The number of rotatable bonds is 14. The first-order valence-electron chi connectivity index (χ1n) is 45.4. The van der Waals surface area contributed by atoms with Crippen molar-refractivity contribution in [3.63, 3.8) is 0 Å². The van der Waals surface area contributed by atoms with Gasteiger partial charge in [0.2, 0.25) is 0 Å². The number of para-hydroxylation sites is 2. The van der Waals surface area contributed by atoms with Crippen LogP contribution in [0.15, 0.2) is 443 Å². The molecule has 13 aromatic heterocycles. The summed E-state index contributed by atoms with van der Waals surface area (Å²) in [4.78, 5) is 83.5. The Bertz CT molecular complexity index is 7960. The Labute approximate surface area is 908 Å². The number of carbonyl (C=O) groups is 3. The van der Waals surface area contributed by atoms with Gasteiger partial charge in [-0.1, -0.05) is 184 Å². The molecule has 0 bridgehead atoms. The summed E-state index contributed by atoms with van der Waals surface area (Å²) in [5.41, 5.74) is 23.6. The van der Waals surface area contributed by atoms with E-state index in [1.807, 2.05) is 316 Å². The van der Waals surface area contributed by atoms with Gasteiger partial charge in [-0.3, -0.25) is 39.9 Å². The molecule has 148 heavy (non-hydrogen) atoms. The number of aromatic nitrogens is 14. The van der Waals surface area contributed by atoms with Crippen molar-refractivity contribution in [2.45, 2.75) is 26.2 Å². The minimum Gasteiger partial charge on any atom is -0.573 e. The predicted molar refractivity (Wildman–Crippen MR) is 562 cm³/mol. The fourth-order valence-electron chi connectivity index (χ4n) is 14.6. The largest absolute Gasteiger partial charge is 3.00 e. The van der Waals surface area contributed by atoms with Gasteiger partial charge in [-0.15, -0.1) is 167 Å². The molecule has 3 radical (unpaired) electrons. The van der Waals surface area contributed by atoms with Crippen molar-refractivity contribution in [1.82, 2.24) is 70.0 Å². The first-order chi connectivity index (χ1) is 70.4. The van der Waals surface area contributed by atoms with Crippen molar-refractivity contribution in [1.29, 1.82) is 0 Å². The van der Waals surface area contributed by atoms with Gasteiger partial charge in [0.15, 0.2) is 0 Å². The molecule has 22 nitrogen and oxygen atoms in total. The number of pyridine rings is 12. The summed E-state index contributed by atoms with van der Waals surface area (Å²) in [6.07, 6.45) is 8.60. The van der Waals surface area contributed by atoms with Gasteiger partial charge in [0.1, 0.15) is 28.6 Å². The molecule has 0 amide bonds. The Morgan fingerprint density at radius 3 is 0.973 bits per heavy atom. The maximum atomic E-state index is 10.3. The quantitative estimate of drug-likeness (QED) is 0.0499. The topological polar surface area (TPSA) is 334 Å². The van der Waals surface area contributed by atoms with Gasteiger partial charge in [-0.2, -0.15) is 42.0 Å². The van der Waals surface area contributed by atoms with Crippen LogP contribution >= 0.6 is 0 Å². The summed E-state index contributed by atoms with van der Waals surface area (Å²) in [7, 11) is 0. The third kappa shape index (κ3) is 29.8. The van der Waals surface area contributed by atoms with Crippen LogP contribution in [0, 0.1) is 36.4 Å². The van der Waals surface area contributed by atoms with Crippen LogP contribution < -0.4 is 5.10 Å². The standard InChI is InChI=1S/C22H14N2.C18H18N3O.2C18H11N2.C17H11N.C16H12N2O.C7H5NO4.C6H5NO2.4Ir/c1-3-9-17(10-4-1)19-13-7-15-21(23-19)22-16-8-14-20(24-22)18-11-5-2-6-12-18;1-18(2,3)17-11-15(20-21-17)14-9-6-8-13(19-14)12-7-4-5-10-16(12)22;2*1-2-5-13(6-3-1)16-11-10-15-9-8-14-7-4-12-19-17(14)18(15)20-16;1-2-7-14(8-3-1)15-9-6-10-16(13-15)17-11-4-5-12-18-17;19-16-10-2-1-6-12(16)13-8-5-9-15(18-13)14-7-3-4-11-17-14;9-6(10)4-2-1-3-5(8-4)7(11)12;8-6(9)5-3-1-2-4-7-5;;;;/h1-9,11,13-16H;4-11H,1-3H3,(H-,19,20,21,22);2*1-5,7-12H;1-7,9-12H;1-11,19H;1-3H,(H,9,10)(H,11,12);1-4H,(H,8,9);;;;/q-2;3*-1;-2;;;;;;;+3. The molecule has 13 heterocycles. The van der Waals surface area contributed by atoms with Crippen LogP contribution in [-0.4, -0.2) is 108 Å². The number of aromatic carboxylic acids is 3. The molecule has 0 aliphatic heterocycles. The number of phenols is 2. The van der Waals surface area contributed by atoms with E-state index in [4.69, 9.17) is 35.3 Å². The Morgan fingerprint density at radius 1 is 0.257 bits per heavy atom. The van der Waals surface area contributed by atoms with Crippen LogP contribution in [0.5, 0.6) is 11.5 Å². The maximum absolute atomic E-state index is 10.3. The van der Waals surface area contributed by atoms with Crippen molar-refractivity contribution in [3.8, 4) is 136 Å². The van der Waals surface area contributed by atoms with Gasteiger partial charge in [0, 0.05) is 141 Å². The monoisotopic (exact) mass is 2650 g/mol. The van der Waals surface area contributed by atoms with E-state index in [2.05, 4.69) is 156 Å². The molecule has 26 heteroatoms. The van der Waals surface area contributed by atoms with Crippen molar-refractivity contribution < 1.29 is 120 Å². The van der Waals surface area contributed by atoms with E-state index in [1.54, 1.807) is 48.8 Å². The number of hydrogen-bond acceptors (Lipinski definition) is 18. The van der Waals surface area contributed by atoms with Gasteiger partial charge < -0.3 is 35.7 Å². The summed E-state index contributed by atoms with van der Waals surface area (Å²) in [5.74, 6) is -3.02. The zero-order valence-electron chi connectivity index (χ0n) is 79.2. The second-order valence-corrected chi connectivity index (χ2v) is 32.7. The molecule has 23 rings (SSSR count). The Morgan fingerprint density at radius 2 is 0.574 bits per heavy atom. The second-order valence-electron chi connectivity index (χ2n) is 32.7. The molecule has 0 unspecified atom stereocenters.